The SMILES string of the molecule is FC(F)(F)c1ccccc1C1=CCN(S)CC1. The average Bonchev–Trinajstić information content (AvgIpc) is 2.29. The third-order valence-corrected chi connectivity index (χ3v) is 3.13. The minimum Gasteiger partial charge on any atom is -0.249 e. The first kappa shape index (κ1) is 12.5. The Bertz CT molecular complexity index is 440. The Hall–Kier alpha value is -0.940. The second-order valence-electron chi connectivity index (χ2n) is 3.94. The summed E-state index contributed by atoms with van der Waals surface area (Å²) in [5.41, 5.74) is 0.489. The molecule has 0 atom stereocenters. The van der Waals surface area contributed by atoms with Gasteiger partial charge in [-0.3, -0.25) is 0 Å². The van der Waals surface area contributed by atoms with Crippen LogP contribution in [0.15, 0.2) is 30.3 Å². The lowest BCUT2D eigenvalue weighted by Gasteiger charge is -2.23. The summed E-state index contributed by atoms with van der Waals surface area (Å²) in [6.45, 7) is 1.24. The molecule has 0 amide bonds. The van der Waals surface area contributed by atoms with Crippen molar-refractivity contribution in [3.63, 3.8) is 0 Å². The molecule has 1 aromatic carbocycles. The number of thiol groups is 1. The zero-order chi connectivity index (χ0) is 12.5. The van der Waals surface area contributed by atoms with E-state index in [0.717, 1.165) is 11.6 Å². The van der Waals surface area contributed by atoms with E-state index in [4.69, 9.17) is 0 Å². The van der Waals surface area contributed by atoms with Gasteiger partial charge in [0.25, 0.3) is 0 Å². The molecule has 5 heteroatoms. The number of alkyl halides is 3. The Labute approximate surface area is 103 Å². The molecule has 0 bridgehead atoms. The molecule has 92 valence electrons. The van der Waals surface area contributed by atoms with Crippen LogP contribution in [0, 0.1) is 0 Å². The topological polar surface area (TPSA) is 3.24 Å². The molecule has 1 aromatic rings. The first-order valence-electron chi connectivity index (χ1n) is 5.28. The minimum absolute atomic E-state index is 0.293. The third kappa shape index (κ3) is 2.84. The number of rotatable bonds is 1. The van der Waals surface area contributed by atoms with Crippen LogP contribution in [-0.2, 0) is 6.18 Å². The van der Waals surface area contributed by atoms with Gasteiger partial charge in [0.05, 0.1) is 5.56 Å². The van der Waals surface area contributed by atoms with E-state index in [1.54, 1.807) is 16.4 Å². The molecule has 0 aliphatic carbocycles. The fourth-order valence-corrected chi connectivity index (χ4v) is 2.10. The van der Waals surface area contributed by atoms with Crippen LogP contribution in [0.1, 0.15) is 17.5 Å². The maximum Gasteiger partial charge on any atom is 0.416 e. The summed E-state index contributed by atoms with van der Waals surface area (Å²) in [4.78, 5) is 0. The first-order chi connectivity index (χ1) is 7.98. The fourth-order valence-electron chi connectivity index (χ4n) is 1.91. The molecule has 2 rings (SSSR count). The predicted octanol–water partition coefficient (Wildman–Crippen LogP) is 3.64. The summed E-state index contributed by atoms with van der Waals surface area (Å²) in [7, 11) is 0. The van der Waals surface area contributed by atoms with Crippen LogP contribution >= 0.6 is 12.8 Å². The predicted molar refractivity (Wildman–Crippen MR) is 64.6 cm³/mol. The van der Waals surface area contributed by atoms with Crippen molar-refractivity contribution in [2.75, 3.05) is 13.1 Å². The van der Waals surface area contributed by atoms with Gasteiger partial charge in [-0.1, -0.05) is 37.1 Å². The monoisotopic (exact) mass is 259 g/mol. The van der Waals surface area contributed by atoms with Crippen LogP contribution in [0.2, 0.25) is 0 Å². The van der Waals surface area contributed by atoms with Crippen LogP contribution < -0.4 is 0 Å². The quantitative estimate of drug-likeness (QED) is 0.754. The zero-order valence-corrected chi connectivity index (χ0v) is 9.93. The lowest BCUT2D eigenvalue weighted by Crippen LogP contribution is -2.20. The molecule has 1 aliphatic rings. The second kappa shape index (κ2) is 4.74. The molecule has 0 fully saturated rings. The Kier molecular flexibility index (Phi) is 3.49. The molecule has 0 radical (unpaired) electrons. The van der Waals surface area contributed by atoms with Crippen molar-refractivity contribution in [3.8, 4) is 0 Å². The normalized spacial score (nSPS) is 18.0. The van der Waals surface area contributed by atoms with Crippen LogP contribution in [0.25, 0.3) is 5.57 Å². The Morgan fingerprint density at radius 2 is 1.88 bits per heavy atom. The van der Waals surface area contributed by atoms with E-state index in [1.165, 1.54) is 12.1 Å². The molecular weight excluding hydrogens is 247 g/mol. The molecule has 0 saturated heterocycles. The lowest BCUT2D eigenvalue weighted by atomic mass is 9.95. The maximum absolute atomic E-state index is 12.8. The third-order valence-electron chi connectivity index (χ3n) is 2.77. The molecule has 1 aliphatic heterocycles. The van der Waals surface area contributed by atoms with Crippen molar-refractivity contribution in [2.24, 2.45) is 0 Å². The van der Waals surface area contributed by atoms with Gasteiger partial charge in [0, 0.05) is 13.1 Å². The molecule has 0 spiro atoms. The van der Waals surface area contributed by atoms with Crippen LogP contribution in [0.3, 0.4) is 0 Å². The molecule has 0 saturated carbocycles. The molecule has 1 heterocycles. The molecule has 0 aromatic heterocycles. The Balaban J connectivity index is 2.39. The van der Waals surface area contributed by atoms with Crippen molar-refractivity contribution in [2.45, 2.75) is 12.6 Å². The summed E-state index contributed by atoms with van der Waals surface area (Å²) >= 11 is 4.16. The summed E-state index contributed by atoms with van der Waals surface area (Å²) in [5.74, 6) is 0. The number of hydrogen-bond acceptors (Lipinski definition) is 2. The van der Waals surface area contributed by atoms with E-state index in [0.29, 0.717) is 25.1 Å². The van der Waals surface area contributed by atoms with Crippen molar-refractivity contribution in [3.05, 3.63) is 41.5 Å². The Morgan fingerprint density at radius 3 is 2.47 bits per heavy atom. The van der Waals surface area contributed by atoms with E-state index in [9.17, 15) is 13.2 Å². The summed E-state index contributed by atoms with van der Waals surface area (Å²) in [5, 5.41) is 0. The lowest BCUT2D eigenvalue weighted by molar-refractivity contribution is -0.137. The van der Waals surface area contributed by atoms with E-state index in [-0.39, 0.29) is 0 Å². The highest BCUT2D eigenvalue weighted by Crippen LogP contribution is 2.36. The van der Waals surface area contributed by atoms with Crippen molar-refractivity contribution in [1.29, 1.82) is 0 Å². The maximum atomic E-state index is 12.8. The van der Waals surface area contributed by atoms with Gasteiger partial charge in [0.2, 0.25) is 0 Å². The summed E-state index contributed by atoms with van der Waals surface area (Å²) in [6, 6.07) is 5.71. The van der Waals surface area contributed by atoms with Gasteiger partial charge in [-0.05, 0) is 23.6 Å². The van der Waals surface area contributed by atoms with Gasteiger partial charge in [0.15, 0.2) is 0 Å². The molecular formula is C12H12F3NS. The standard InChI is InChI=1S/C12H12F3NS/c13-12(14,15)11-4-2-1-3-10(11)9-5-7-16(17)8-6-9/h1-5,17H,6-8H2. The Morgan fingerprint density at radius 1 is 1.18 bits per heavy atom. The number of hydrogen-bond donors (Lipinski definition) is 1. The minimum atomic E-state index is -4.30. The first-order valence-corrected chi connectivity index (χ1v) is 5.68. The van der Waals surface area contributed by atoms with E-state index in [2.05, 4.69) is 12.8 Å². The van der Waals surface area contributed by atoms with Crippen LogP contribution in [0.4, 0.5) is 13.2 Å². The van der Waals surface area contributed by atoms with Crippen molar-refractivity contribution >= 4 is 18.4 Å². The summed E-state index contributed by atoms with van der Waals surface area (Å²) < 4.78 is 40.3. The highest BCUT2D eigenvalue weighted by atomic mass is 32.1. The molecule has 1 nitrogen and oxygen atoms in total. The largest absolute Gasteiger partial charge is 0.416 e. The van der Waals surface area contributed by atoms with Gasteiger partial charge in [-0.15, -0.1) is 0 Å². The number of halogens is 3. The van der Waals surface area contributed by atoms with Gasteiger partial charge >= 0.3 is 6.18 Å². The van der Waals surface area contributed by atoms with Crippen LogP contribution in [0.5, 0.6) is 0 Å². The fraction of sp³-hybridized carbons (Fsp3) is 0.333. The van der Waals surface area contributed by atoms with E-state index >= 15 is 0 Å². The number of nitrogens with zero attached hydrogens (tertiary/aromatic N) is 1. The van der Waals surface area contributed by atoms with Gasteiger partial charge in [-0.25, -0.2) is 4.31 Å². The molecule has 17 heavy (non-hydrogen) atoms. The average molecular weight is 259 g/mol. The molecule has 0 N–H and O–H groups in total. The van der Waals surface area contributed by atoms with Crippen LogP contribution in [-0.4, -0.2) is 17.4 Å². The van der Waals surface area contributed by atoms with Crippen molar-refractivity contribution < 1.29 is 13.2 Å². The van der Waals surface area contributed by atoms with Gasteiger partial charge in [-0.2, -0.15) is 13.2 Å². The smallest absolute Gasteiger partial charge is 0.249 e. The van der Waals surface area contributed by atoms with E-state index in [1.807, 2.05) is 0 Å². The zero-order valence-electron chi connectivity index (χ0n) is 9.04. The highest BCUT2D eigenvalue weighted by molar-refractivity contribution is 7.77. The number of benzene rings is 1. The van der Waals surface area contributed by atoms with Crippen molar-refractivity contribution in [1.82, 2.24) is 4.31 Å². The van der Waals surface area contributed by atoms with E-state index < -0.39 is 11.7 Å². The van der Waals surface area contributed by atoms with Gasteiger partial charge in [0.1, 0.15) is 0 Å². The van der Waals surface area contributed by atoms with Gasteiger partial charge < -0.3 is 0 Å². The summed E-state index contributed by atoms with van der Waals surface area (Å²) in [6.07, 6.45) is -1.90. The second-order valence-corrected chi connectivity index (χ2v) is 4.50. The highest BCUT2D eigenvalue weighted by Gasteiger charge is 2.33. The molecule has 0 unspecified atom stereocenters.